The SMILES string of the molecule is CCCc1ccc(C(=O)OC(COC)C(C)C)cc1. The number of carbonyl (C=O) groups excluding carboxylic acids is 1. The summed E-state index contributed by atoms with van der Waals surface area (Å²) in [5, 5.41) is 0. The second-order valence-corrected chi connectivity index (χ2v) is 5.09. The standard InChI is InChI=1S/C16H24O3/c1-5-6-13-7-9-14(10-8-13)16(17)19-15(11-18-4)12(2)3/h7-10,12,15H,5-6,11H2,1-4H3. The zero-order valence-corrected chi connectivity index (χ0v) is 12.3. The van der Waals surface area contributed by atoms with Gasteiger partial charge < -0.3 is 9.47 Å². The normalized spacial score (nSPS) is 12.5. The first kappa shape index (κ1) is 15.7. The van der Waals surface area contributed by atoms with Gasteiger partial charge in [0.2, 0.25) is 0 Å². The molecule has 19 heavy (non-hydrogen) atoms. The van der Waals surface area contributed by atoms with Gasteiger partial charge in [0.05, 0.1) is 12.2 Å². The number of benzene rings is 1. The summed E-state index contributed by atoms with van der Waals surface area (Å²) in [6.45, 7) is 6.60. The van der Waals surface area contributed by atoms with E-state index in [-0.39, 0.29) is 18.0 Å². The molecule has 0 bridgehead atoms. The fraction of sp³-hybridized carbons (Fsp3) is 0.562. The van der Waals surface area contributed by atoms with Crippen LogP contribution >= 0.6 is 0 Å². The van der Waals surface area contributed by atoms with Crippen LogP contribution in [0.2, 0.25) is 0 Å². The molecule has 0 saturated heterocycles. The topological polar surface area (TPSA) is 35.5 Å². The highest BCUT2D eigenvalue weighted by Gasteiger charge is 2.19. The van der Waals surface area contributed by atoms with E-state index in [1.807, 2.05) is 38.1 Å². The zero-order valence-electron chi connectivity index (χ0n) is 12.3. The Morgan fingerprint density at radius 3 is 2.32 bits per heavy atom. The highest BCUT2D eigenvalue weighted by atomic mass is 16.6. The molecule has 1 aromatic carbocycles. The van der Waals surface area contributed by atoms with Gasteiger partial charge in [0.1, 0.15) is 6.10 Å². The highest BCUT2D eigenvalue weighted by Crippen LogP contribution is 2.12. The molecule has 0 aromatic heterocycles. The number of hydrogen-bond donors (Lipinski definition) is 0. The number of esters is 1. The summed E-state index contributed by atoms with van der Waals surface area (Å²) in [5.41, 5.74) is 1.85. The smallest absolute Gasteiger partial charge is 0.338 e. The van der Waals surface area contributed by atoms with Crippen molar-refractivity contribution in [3.05, 3.63) is 35.4 Å². The highest BCUT2D eigenvalue weighted by molar-refractivity contribution is 5.89. The molecule has 1 aromatic rings. The Kier molecular flexibility index (Phi) is 6.57. The van der Waals surface area contributed by atoms with Crippen molar-refractivity contribution in [1.29, 1.82) is 0 Å². The molecule has 1 unspecified atom stereocenters. The van der Waals surface area contributed by atoms with Crippen LogP contribution in [0.1, 0.15) is 43.1 Å². The molecule has 0 aliphatic heterocycles. The van der Waals surface area contributed by atoms with Gasteiger partial charge in [-0.25, -0.2) is 4.79 Å². The van der Waals surface area contributed by atoms with Crippen LogP contribution in [0.15, 0.2) is 24.3 Å². The minimum atomic E-state index is -0.279. The van der Waals surface area contributed by atoms with Gasteiger partial charge in [-0.05, 0) is 30.0 Å². The van der Waals surface area contributed by atoms with Crippen molar-refractivity contribution in [2.24, 2.45) is 5.92 Å². The third kappa shape index (κ3) is 5.03. The van der Waals surface area contributed by atoms with Crippen LogP contribution < -0.4 is 0 Å². The van der Waals surface area contributed by atoms with Crippen LogP contribution in [0.4, 0.5) is 0 Å². The predicted octanol–water partition coefficient (Wildman–Crippen LogP) is 3.47. The van der Waals surface area contributed by atoms with E-state index in [9.17, 15) is 4.79 Å². The number of methoxy groups -OCH3 is 1. The van der Waals surface area contributed by atoms with Crippen LogP contribution in [-0.4, -0.2) is 25.8 Å². The average Bonchev–Trinajstić information content (AvgIpc) is 2.39. The summed E-state index contributed by atoms with van der Waals surface area (Å²) in [5.74, 6) is -0.0398. The van der Waals surface area contributed by atoms with E-state index in [1.54, 1.807) is 7.11 Å². The second kappa shape index (κ2) is 7.95. The van der Waals surface area contributed by atoms with Crippen LogP contribution in [0.5, 0.6) is 0 Å². The molecule has 0 heterocycles. The lowest BCUT2D eigenvalue weighted by molar-refractivity contribution is -0.0102. The molecule has 0 aliphatic rings. The second-order valence-electron chi connectivity index (χ2n) is 5.09. The maximum absolute atomic E-state index is 12.0. The maximum atomic E-state index is 12.0. The Balaban J connectivity index is 2.66. The van der Waals surface area contributed by atoms with Crippen molar-refractivity contribution in [2.75, 3.05) is 13.7 Å². The monoisotopic (exact) mass is 264 g/mol. The van der Waals surface area contributed by atoms with Crippen molar-refractivity contribution in [3.8, 4) is 0 Å². The van der Waals surface area contributed by atoms with Gasteiger partial charge in [-0.3, -0.25) is 0 Å². The molecule has 3 heteroatoms. The van der Waals surface area contributed by atoms with Gasteiger partial charge >= 0.3 is 5.97 Å². The van der Waals surface area contributed by atoms with Gasteiger partial charge in [-0.2, -0.15) is 0 Å². The Bertz CT molecular complexity index is 381. The molecule has 0 N–H and O–H groups in total. The van der Waals surface area contributed by atoms with Gasteiger partial charge in [0.15, 0.2) is 0 Å². The van der Waals surface area contributed by atoms with E-state index < -0.39 is 0 Å². The van der Waals surface area contributed by atoms with E-state index in [0.717, 1.165) is 12.8 Å². The molecule has 1 atom stereocenters. The summed E-state index contributed by atoms with van der Waals surface area (Å²) in [6.07, 6.45) is 1.94. The van der Waals surface area contributed by atoms with Crippen molar-refractivity contribution in [2.45, 2.75) is 39.7 Å². The van der Waals surface area contributed by atoms with Gasteiger partial charge in [0.25, 0.3) is 0 Å². The van der Waals surface area contributed by atoms with E-state index in [4.69, 9.17) is 9.47 Å². The molecule has 0 saturated carbocycles. The molecular weight excluding hydrogens is 240 g/mol. The molecule has 3 nitrogen and oxygen atoms in total. The fourth-order valence-corrected chi connectivity index (χ4v) is 1.83. The van der Waals surface area contributed by atoms with E-state index in [1.165, 1.54) is 5.56 Å². The van der Waals surface area contributed by atoms with Crippen LogP contribution in [0.3, 0.4) is 0 Å². The summed E-state index contributed by atoms with van der Waals surface area (Å²) in [6, 6.07) is 7.64. The molecule has 0 amide bonds. The Labute approximate surface area is 115 Å². The number of rotatable bonds is 7. The van der Waals surface area contributed by atoms with Crippen molar-refractivity contribution >= 4 is 5.97 Å². The van der Waals surface area contributed by atoms with Crippen molar-refractivity contribution in [1.82, 2.24) is 0 Å². The lowest BCUT2D eigenvalue weighted by atomic mass is 10.1. The molecule has 0 aliphatic carbocycles. The number of ether oxygens (including phenoxy) is 2. The summed E-state index contributed by atoms with van der Waals surface area (Å²) < 4.78 is 10.6. The van der Waals surface area contributed by atoms with Crippen molar-refractivity contribution < 1.29 is 14.3 Å². The van der Waals surface area contributed by atoms with Crippen LogP contribution in [-0.2, 0) is 15.9 Å². The molecule has 0 fully saturated rings. The summed E-state index contributed by atoms with van der Waals surface area (Å²) >= 11 is 0. The van der Waals surface area contributed by atoms with Gasteiger partial charge in [-0.15, -0.1) is 0 Å². The minimum absolute atomic E-state index is 0.201. The lowest BCUT2D eigenvalue weighted by Crippen LogP contribution is -2.28. The van der Waals surface area contributed by atoms with E-state index >= 15 is 0 Å². The lowest BCUT2D eigenvalue weighted by Gasteiger charge is -2.20. The van der Waals surface area contributed by atoms with Crippen LogP contribution in [0.25, 0.3) is 0 Å². The third-order valence-corrected chi connectivity index (χ3v) is 3.06. The fourth-order valence-electron chi connectivity index (χ4n) is 1.83. The summed E-state index contributed by atoms with van der Waals surface area (Å²) in [4.78, 5) is 12.0. The van der Waals surface area contributed by atoms with Crippen molar-refractivity contribution in [3.63, 3.8) is 0 Å². The maximum Gasteiger partial charge on any atom is 0.338 e. The van der Waals surface area contributed by atoms with E-state index in [0.29, 0.717) is 12.2 Å². The number of carbonyl (C=O) groups is 1. The molecule has 0 radical (unpaired) electrons. The first-order valence-corrected chi connectivity index (χ1v) is 6.87. The van der Waals surface area contributed by atoms with Crippen LogP contribution in [0, 0.1) is 5.92 Å². The van der Waals surface area contributed by atoms with E-state index in [2.05, 4.69) is 6.92 Å². The molecule has 0 spiro atoms. The molecular formula is C16H24O3. The quantitative estimate of drug-likeness (QED) is 0.707. The largest absolute Gasteiger partial charge is 0.456 e. The van der Waals surface area contributed by atoms with Gasteiger partial charge in [0, 0.05) is 7.11 Å². The number of aryl methyl sites for hydroxylation is 1. The summed E-state index contributed by atoms with van der Waals surface area (Å²) in [7, 11) is 1.61. The predicted molar refractivity (Wildman–Crippen MR) is 76.4 cm³/mol. The number of hydrogen-bond acceptors (Lipinski definition) is 3. The first-order chi connectivity index (χ1) is 9.08. The van der Waals surface area contributed by atoms with Gasteiger partial charge in [-0.1, -0.05) is 39.3 Å². The average molecular weight is 264 g/mol. The Hall–Kier alpha value is -1.35. The Morgan fingerprint density at radius 1 is 1.21 bits per heavy atom. The first-order valence-electron chi connectivity index (χ1n) is 6.87. The Morgan fingerprint density at radius 2 is 1.84 bits per heavy atom. The zero-order chi connectivity index (χ0) is 14.3. The minimum Gasteiger partial charge on any atom is -0.456 e. The molecule has 1 rings (SSSR count). The third-order valence-electron chi connectivity index (χ3n) is 3.06. The molecule has 106 valence electrons.